The number of aryl methyl sites for hydroxylation is 1. The Bertz CT molecular complexity index is 395. The van der Waals surface area contributed by atoms with E-state index in [1.165, 1.54) is 4.88 Å². The van der Waals surface area contributed by atoms with E-state index in [2.05, 4.69) is 26.0 Å². The molecule has 0 spiro atoms. The average molecular weight is 360 g/mol. The second-order valence-corrected chi connectivity index (χ2v) is 6.28. The highest BCUT2D eigenvalue weighted by Gasteiger charge is 2.27. The van der Waals surface area contributed by atoms with E-state index in [-0.39, 0.29) is 12.6 Å². The third kappa shape index (κ3) is 6.25. The summed E-state index contributed by atoms with van der Waals surface area (Å²) in [5.41, 5.74) is 0. The first-order valence-corrected chi connectivity index (χ1v) is 7.58. The Kier molecular flexibility index (Phi) is 6.79. The molecule has 0 amide bonds. The Morgan fingerprint density at radius 3 is 2.63 bits per heavy atom. The first-order valence-electron chi connectivity index (χ1n) is 5.97. The number of hydrogen-bond acceptors (Lipinski definition) is 3. The molecule has 0 bridgehead atoms. The fraction of sp³-hybridized carbons (Fsp3) is 0.667. The van der Waals surface area contributed by atoms with E-state index in [1.54, 1.807) is 11.3 Å². The van der Waals surface area contributed by atoms with Gasteiger partial charge in [0.15, 0.2) is 0 Å². The Morgan fingerprint density at radius 1 is 1.47 bits per heavy atom. The van der Waals surface area contributed by atoms with Gasteiger partial charge in [-0.3, -0.25) is 0 Å². The smallest absolute Gasteiger partial charge is 0.372 e. The van der Waals surface area contributed by atoms with Crippen molar-refractivity contribution in [3.8, 4) is 0 Å². The summed E-state index contributed by atoms with van der Waals surface area (Å²) in [5, 5.41) is 3.27. The van der Waals surface area contributed by atoms with Gasteiger partial charge in [0.1, 0.15) is 6.61 Å². The molecule has 1 atom stereocenters. The second kappa shape index (κ2) is 7.61. The number of ether oxygens (including phenoxy) is 1. The first kappa shape index (κ1) is 16.9. The molecular weight excluding hydrogens is 343 g/mol. The van der Waals surface area contributed by atoms with E-state index in [1.807, 2.05) is 19.9 Å². The highest BCUT2D eigenvalue weighted by molar-refractivity contribution is 9.10. The minimum Gasteiger partial charge on any atom is -0.372 e. The number of rotatable bonds is 7. The maximum Gasteiger partial charge on any atom is 0.411 e. The zero-order valence-corrected chi connectivity index (χ0v) is 13.2. The lowest BCUT2D eigenvalue weighted by molar-refractivity contribution is -0.174. The van der Waals surface area contributed by atoms with Crippen molar-refractivity contribution in [3.63, 3.8) is 0 Å². The van der Waals surface area contributed by atoms with Gasteiger partial charge in [0.25, 0.3) is 0 Å². The zero-order chi connectivity index (χ0) is 14.5. The van der Waals surface area contributed by atoms with Crippen molar-refractivity contribution in [1.29, 1.82) is 0 Å². The number of halogens is 4. The molecule has 0 aromatic carbocycles. The summed E-state index contributed by atoms with van der Waals surface area (Å²) >= 11 is 5.12. The molecule has 2 nitrogen and oxygen atoms in total. The van der Waals surface area contributed by atoms with Crippen molar-refractivity contribution in [2.75, 3.05) is 19.8 Å². The summed E-state index contributed by atoms with van der Waals surface area (Å²) in [6.45, 7) is 3.63. The number of nitrogens with one attached hydrogen (secondary N) is 1. The zero-order valence-electron chi connectivity index (χ0n) is 10.8. The van der Waals surface area contributed by atoms with Gasteiger partial charge in [0.05, 0.1) is 0 Å². The SMILES string of the molecule is CCNC(CCOCC(F)(F)F)c1sc(C)cc1Br. The lowest BCUT2D eigenvalue weighted by Crippen LogP contribution is -2.23. The maximum atomic E-state index is 12.0. The van der Waals surface area contributed by atoms with Crippen LogP contribution in [0.25, 0.3) is 0 Å². The lowest BCUT2D eigenvalue weighted by Gasteiger charge is -2.17. The van der Waals surface area contributed by atoms with Gasteiger partial charge in [-0.1, -0.05) is 6.92 Å². The largest absolute Gasteiger partial charge is 0.411 e. The Labute approximate surface area is 123 Å². The van der Waals surface area contributed by atoms with Gasteiger partial charge < -0.3 is 10.1 Å². The number of hydrogen-bond donors (Lipinski definition) is 1. The van der Waals surface area contributed by atoms with E-state index in [0.29, 0.717) is 6.42 Å². The molecule has 19 heavy (non-hydrogen) atoms. The van der Waals surface area contributed by atoms with Crippen LogP contribution in [0.3, 0.4) is 0 Å². The molecule has 110 valence electrons. The quantitative estimate of drug-likeness (QED) is 0.726. The van der Waals surface area contributed by atoms with Crippen LogP contribution in [0.15, 0.2) is 10.5 Å². The monoisotopic (exact) mass is 359 g/mol. The molecule has 0 aliphatic heterocycles. The number of thiophene rings is 1. The molecule has 1 heterocycles. The molecule has 1 aromatic rings. The van der Waals surface area contributed by atoms with Gasteiger partial charge in [-0.2, -0.15) is 13.2 Å². The third-order valence-corrected chi connectivity index (χ3v) is 4.50. The summed E-state index contributed by atoms with van der Waals surface area (Å²) in [6, 6.07) is 2.03. The Balaban J connectivity index is 2.52. The van der Waals surface area contributed by atoms with Crippen LogP contribution in [0.4, 0.5) is 13.2 Å². The minimum atomic E-state index is -4.26. The normalized spacial score (nSPS) is 13.8. The van der Waals surface area contributed by atoms with E-state index in [4.69, 9.17) is 0 Å². The van der Waals surface area contributed by atoms with Crippen LogP contribution in [0, 0.1) is 6.92 Å². The average Bonchev–Trinajstić information content (AvgIpc) is 2.61. The van der Waals surface area contributed by atoms with Gasteiger partial charge in [-0.05, 0) is 41.9 Å². The van der Waals surface area contributed by atoms with Crippen LogP contribution in [-0.2, 0) is 4.74 Å². The van der Waals surface area contributed by atoms with Crippen molar-refractivity contribution in [2.45, 2.75) is 32.5 Å². The predicted octanol–water partition coefficient (Wildman–Crippen LogP) is 4.44. The van der Waals surface area contributed by atoms with Gasteiger partial charge >= 0.3 is 6.18 Å². The van der Waals surface area contributed by atoms with Crippen LogP contribution in [0.5, 0.6) is 0 Å². The van der Waals surface area contributed by atoms with Crippen LogP contribution >= 0.6 is 27.3 Å². The van der Waals surface area contributed by atoms with E-state index in [0.717, 1.165) is 15.9 Å². The topological polar surface area (TPSA) is 21.3 Å². The van der Waals surface area contributed by atoms with Gasteiger partial charge in [-0.15, -0.1) is 11.3 Å². The molecule has 0 radical (unpaired) electrons. The predicted molar refractivity (Wildman–Crippen MR) is 74.7 cm³/mol. The molecule has 1 N–H and O–H groups in total. The van der Waals surface area contributed by atoms with Crippen molar-refractivity contribution >= 4 is 27.3 Å². The molecular formula is C12H17BrF3NOS. The van der Waals surface area contributed by atoms with Crippen LogP contribution < -0.4 is 5.32 Å². The van der Waals surface area contributed by atoms with Crippen molar-refractivity contribution in [1.82, 2.24) is 5.32 Å². The van der Waals surface area contributed by atoms with E-state index < -0.39 is 12.8 Å². The first-order chi connectivity index (χ1) is 8.83. The molecule has 0 aliphatic carbocycles. The maximum absolute atomic E-state index is 12.0. The number of alkyl halides is 3. The highest BCUT2D eigenvalue weighted by atomic mass is 79.9. The highest BCUT2D eigenvalue weighted by Crippen LogP contribution is 2.33. The molecule has 0 saturated heterocycles. The molecule has 1 aromatic heterocycles. The molecule has 0 saturated carbocycles. The van der Waals surface area contributed by atoms with Crippen molar-refractivity contribution in [2.24, 2.45) is 0 Å². The van der Waals surface area contributed by atoms with Crippen molar-refractivity contribution < 1.29 is 17.9 Å². The van der Waals surface area contributed by atoms with Crippen LogP contribution in [0.2, 0.25) is 0 Å². The van der Waals surface area contributed by atoms with Gasteiger partial charge in [0.2, 0.25) is 0 Å². The van der Waals surface area contributed by atoms with Crippen molar-refractivity contribution in [3.05, 3.63) is 20.3 Å². The molecule has 0 fully saturated rings. The summed E-state index contributed by atoms with van der Waals surface area (Å²) < 4.78 is 41.6. The third-order valence-electron chi connectivity index (χ3n) is 2.42. The standard InChI is InChI=1S/C12H17BrF3NOS/c1-3-17-10(4-5-18-7-12(14,15)16)11-9(13)6-8(2)19-11/h6,10,17H,3-5,7H2,1-2H3. The van der Waals surface area contributed by atoms with Crippen LogP contribution in [-0.4, -0.2) is 25.9 Å². The second-order valence-electron chi connectivity index (χ2n) is 4.14. The molecule has 1 unspecified atom stereocenters. The van der Waals surface area contributed by atoms with Gasteiger partial charge in [0, 0.05) is 26.9 Å². The summed E-state index contributed by atoms with van der Waals surface area (Å²) in [6.07, 6.45) is -3.74. The van der Waals surface area contributed by atoms with Gasteiger partial charge in [-0.25, -0.2) is 0 Å². The minimum absolute atomic E-state index is 0.0197. The van der Waals surface area contributed by atoms with E-state index in [9.17, 15) is 13.2 Å². The molecule has 0 aliphatic rings. The Morgan fingerprint density at radius 2 is 2.16 bits per heavy atom. The summed E-state index contributed by atoms with van der Waals surface area (Å²) in [7, 11) is 0. The van der Waals surface area contributed by atoms with Crippen LogP contribution in [0.1, 0.15) is 29.1 Å². The fourth-order valence-corrected chi connectivity index (χ4v) is 3.74. The molecule has 1 rings (SSSR count). The lowest BCUT2D eigenvalue weighted by atomic mass is 10.2. The van der Waals surface area contributed by atoms with E-state index >= 15 is 0 Å². The summed E-state index contributed by atoms with van der Waals surface area (Å²) in [4.78, 5) is 2.27. The summed E-state index contributed by atoms with van der Waals surface area (Å²) in [5.74, 6) is 0. The Hall–Kier alpha value is -0.110. The fourth-order valence-electron chi connectivity index (χ4n) is 1.70. The molecule has 7 heteroatoms.